The Morgan fingerprint density at radius 2 is 1.77 bits per heavy atom. The molecule has 138 valence electrons. The number of benzene rings is 2. The molecular weight excluding hydrogens is 334 g/mol. The first-order valence-corrected chi connectivity index (χ1v) is 8.61. The minimum atomic E-state index is 0.0203. The Morgan fingerprint density at radius 3 is 2.42 bits per heavy atom. The molecule has 2 aromatic rings. The number of nitrogens with zero attached hydrogens (tertiary/aromatic N) is 1. The monoisotopic (exact) mass is 357 g/mol. The van der Waals surface area contributed by atoms with Gasteiger partial charge in [-0.3, -0.25) is 4.90 Å². The van der Waals surface area contributed by atoms with Crippen LogP contribution in [-0.4, -0.2) is 50.0 Å². The van der Waals surface area contributed by atoms with Crippen LogP contribution in [0.15, 0.2) is 12.1 Å². The topological polar surface area (TPSA) is 71.4 Å². The molecule has 1 aliphatic carbocycles. The molecule has 0 bridgehead atoms. The molecule has 0 radical (unpaired) electrons. The Kier molecular flexibility index (Phi) is 3.88. The van der Waals surface area contributed by atoms with E-state index in [0.29, 0.717) is 17.2 Å². The molecule has 4 rings (SSSR count). The summed E-state index contributed by atoms with van der Waals surface area (Å²) in [7, 11) is 6.74. The molecule has 0 saturated carbocycles. The predicted octanol–water partition coefficient (Wildman–Crippen LogP) is 2.88. The van der Waals surface area contributed by atoms with E-state index in [0.717, 1.165) is 47.2 Å². The molecule has 2 aromatic carbocycles. The highest BCUT2D eigenvalue weighted by Gasteiger charge is 2.39. The highest BCUT2D eigenvalue weighted by Crippen LogP contribution is 2.57. The third-order valence-electron chi connectivity index (χ3n) is 5.60. The summed E-state index contributed by atoms with van der Waals surface area (Å²) >= 11 is 0. The van der Waals surface area contributed by atoms with Gasteiger partial charge in [0.15, 0.2) is 23.0 Å². The van der Waals surface area contributed by atoms with Crippen LogP contribution in [0.4, 0.5) is 0 Å². The van der Waals surface area contributed by atoms with Crippen LogP contribution in [0.25, 0.3) is 11.1 Å². The van der Waals surface area contributed by atoms with Gasteiger partial charge >= 0.3 is 0 Å². The van der Waals surface area contributed by atoms with Gasteiger partial charge < -0.3 is 24.4 Å². The normalized spacial score (nSPS) is 18.1. The van der Waals surface area contributed by atoms with Crippen LogP contribution < -0.4 is 14.2 Å². The van der Waals surface area contributed by atoms with Gasteiger partial charge in [0, 0.05) is 23.7 Å². The third-order valence-corrected chi connectivity index (χ3v) is 5.60. The molecule has 2 N–H and O–H groups in total. The van der Waals surface area contributed by atoms with Crippen molar-refractivity contribution in [3.63, 3.8) is 0 Å². The zero-order valence-corrected chi connectivity index (χ0v) is 15.4. The van der Waals surface area contributed by atoms with Crippen molar-refractivity contribution in [3.05, 3.63) is 28.8 Å². The molecule has 1 aliphatic heterocycles. The summed E-state index contributed by atoms with van der Waals surface area (Å²) < 4.78 is 16.4. The minimum absolute atomic E-state index is 0.0203. The van der Waals surface area contributed by atoms with Crippen molar-refractivity contribution in [2.45, 2.75) is 18.9 Å². The molecule has 26 heavy (non-hydrogen) atoms. The summed E-state index contributed by atoms with van der Waals surface area (Å²) in [5.74, 6) is 1.43. The Balaban J connectivity index is 2.12. The van der Waals surface area contributed by atoms with Crippen molar-refractivity contribution >= 4 is 0 Å². The lowest BCUT2D eigenvalue weighted by atomic mass is 9.76. The molecule has 0 amide bonds. The van der Waals surface area contributed by atoms with Gasteiger partial charge in [0.1, 0.15) is 0 Å². The van der Waals surface area contributed by atoms with Crippen LogP contribution in [0, 0.1) is 0 Å². The first-order valence-electron chi connectivity index (χ1n) is 8.61. The van der Waals surface area contributed by atoms with Gasteiger partial charge in [-0.2, -0.15) is 0 Å². The van der Waals surface area contributed by atoms with Gasteiger partial charge in [-0.25, -0.2) is 0 Å². The second kappa shape index (κ2) is 5.99. The van der Waals surface area contributed by atoms with Crippen molar-refractivity contribution in [1.29, 1.82) is 0 Å². The van der Waals surface area contributed by atoms with Crippen LogP contribution in [0.2, 0.25) is 0 Å². The van der Waals surface area contributed by atoms with E-state index in [1.54, 1.807) is 20.3 Å². The number of methoxy groups -OCH3 is 3. The zero-order valence-electron chi connectivity index (χ0n) is 15.4. The number of hydrogen-bond donors (Lipinski definition) is 2. The fraction of sp³-hybridized carbons (Fsp3) is 0.400. The van der Waals surface area contributed by atoms with E-state index in [-0.39, 0.29) is 17.5 Å². The number of rotatable bonds is 3. The molecule has 1 unspecified atom stereocenters. The molecule has 0 aromatic heterocycles. The quantitative estimate of drug-likeness (QED) is 0.880. The van der Waals surface area contributed by atoms with Gasteiger partial charge in [-0.1, -0.05) is 0 Å². The smallest absolute Gasteiger partial charge is 0.201 e. The van der Waals surface area contributed by atoms with Crippen LogP contribution in [-0.2, 0) is 12.8 Å². The van der Waals surface area contributed by atoms with E-state index in [2.05, 4.69) is 11.9 Å². The second-order valence-corrected chi connectivity index (χ2v) is 6.81. The van der Waals surface area contributed by atoms with Gasteiger partial charge in [0.05, 0.1) is 21.3 Å². The zero-order chi connectivity index (χ0) is 18.6. The van der Waals surface area contributed by atoms with Crippen molar-refractivity contribution in [3.8, 4) is 39.9 Å². The average Bonchev–Trinajstić information content (AvgIpc) is 2.63. The highest BCUT2D eigenvalue weighted by atomic mass is 16.5. The molecule has 1 heterocycles. The lowest BCUT2D eigenvalue weighted by molar-refractivity contribution is 0.222. The van der Waals surface area contributed by atoms with Gasteiger partial charge in [-0.15, -0.1) is 0 Å². The van der Waals surface area contributed by atoms with Crippen molar-refractivity contribution in [1.82, 2.24) is 4.90 Å². The van der Waals surface area contributed by atoms with E-state index in [1.807, 2.05) is 6.07 Å². The fourth-order valence-corrected chi connectivity index (χ4v) is 4.37. The highest BCUT2D eigenvalue weighted by molar-refractivity contribution is 5.87. The molecule has 0 saturated heterocycles. The van der Waals surface area contributed by atoms with Gasteiger partial charge in [0.2, 0.25) is 5.75 Å². The molecule has 6 nitrogen and oxygen atoms in total. The summed E-state index contributed by atoms with van der Waals surface area (Å²) in [5.41, 5.74) is 4.93. The summed E-state index contributed by atoms with van der Waals surface area (Å²) in [4.78, 5) is 2.30. The molecule has 2 aliphatic rings. The maximum Gasteiger partial charge on any atom is 0.201 e. The first-order chi connectivity index (χ1) is 12.5. The van der Waals surface area contributed by atoms with Crippen molar-refractivity contribution in [2.24, 2.45) is 0 Å². The van der Waals surface area contributed by atoms with E-state index >= 15 is 0 Å². The maximum atomic E-state index is 10.8. The SMILES string of the molecule is COc1cc2c(cc1O)CC1c3c(c(OC)c(O)c(OC)c3-2)CCN1C. The number of phenols is 2. The van der Waals surface area contributed by atoms with E-state index in [9.17, 15) is 10.2 Å². The van der Waals surface area contributed by atoms with E-state index in [4.69, 9.17) is 14.2 Å². The Labute approximate surface area is 152 Å². The van der Waals surface area contributed by atoms with Crippen molar-refractivity contribution < 1.29 is 24.4 Å². The van der Waals surface area contributed by atoms with Crippen molar-refractivity contribution in [2.75, 3.05) is 34.9 Å². The van der Waals surface area contributed by atoms with Gasteiger partial charge in [-0.05, 0) is 48.7 Å². The average molecular weight is 357 g/mol. The standard InChI is InChI=1S/C20H23NO5/c1-21-6-5-11-16-13(21)7-10-8-14(22)15(24-2)9-12(10)17(16)20(26-4)18(23)19(11)25-3/h8-9,13,22-23H,5-7H2,1-4H3. The maximum absolute atomic E-state index is 10.8. The summed E-state index contributed by atoms with van der Waals surface area (Å²) in [6, 6.07) is 3.71. The Hall–Kier alpha value is -2.60. The Bertz CT molecular complexity index is 893. The second-order valence-electron chi connectivity index (χ2n) is 6.81. The molecule has 0 fully saturated rings. The summed E-state index contributed by atoms with van der Waals surface area (Å²) in [6.45, 7) is 0.872. The van der Waals surface area contributed by atoms with E-state index < -0.39 is 0 Å². The first kappa shape index (κ1) is 16.8. The number of ether oxygens (including phenoxy) is 3. The number of fused-ring (bicyclic) bond motifs is 2. The largest absolute Gasteiger partial charge is 0.504 e. The predicted molar refractivity (Wildman–Crippen MR) is 97.6 cm³/mol. The number of hydrogen-bond acceptors (Lipinski definition) is 6. The minimum Gasteiger partial charge on any atom is -0.504 e. The number of phenolic OH excluding ortho intramolecular Hbond substituents is 2. The molecular formula is C20H23NO5. The van der Waals surface area contributed by atoms with Crippen LogP contribution in [0.5, 0.6) is 28.7 Å². The summed E-state index contributed by atoms with van der Waals surface area (Å²) in [6.07, 6.45) is 1.56. The lowest BCUT2D eigenvalue weighted by Crippen LogP contribution is -2.36. The molecule has 0 spiro atoms. The molecule has 6 heteroatoms. The van der Waals surface area contributed by atoms with E-state index in [1.165, 1.54) is 7.11 Å². The van der Waals surface area contributed by atoms with Crippen LogP contribution in [0.3, 0.4) is 0 Å². The third kappa shape index (κ3) is 2.15. The number of aromatic hydroxyl groups is 2. The van der Waals surface area contributed by atoms with Crippen LogP contribution >= 0.6 is 0 Å². The summed E-state index contributed by atoms with van der Waals surface area (Å²) in [5, 5.41) is 21.0. The number of likely N-dealkylation sites (N-methyl/N-ethyl adjacent to an activating group) is 1. The fourth-order valence-electron chi connectivity index (χ4n) is 4.37. The Morgan fingerprint density at radius 1 is 1.04 bits per heavy atom. The van der Waals surface area contributed by atoms with Crippen LogP contribution in [0.1, 0.15) is 22.7 Å². The molecule has 1 atom stereocenters. The lowest BCUT2D eigenvalue weighted by Gasteiger charge is -2.41. The van der Waals surface area contributed by atoms with Gasteiger partial charge in [0.25, 0.3) is 0 Å².